The highest BCUT2D eigenvalue weighted by Crippen LogP contribution is 2.40. The average molecular weight is 398 g/mol. The van der Waals surface area contributed by atoms with Crippen LogP contribution in [-0.4, -0.2) is 6.61 Å². The molecule has 0 spiro atoms. The maximum absolute atomic E-state index is 14.6. The molecule has 0 N–H and O–H groups in total. The van der Waals surface area contributed by atoms with Gasteiger partial charge in [0.25, 0.3) is 0 Å². The number of aryl methyl sites for hydroxylation is 1. The Morgan fingerprint density at radius 3 is 2.45 bits per heavy atom. The van der Waals surface area contributed by atoms with E-state index in [9.17, 15) is 13.2 Å². The summed E-state index contributed by atoms with van der Waals surface area (Å²) in [6, 6.07) is 11.9. The molecule has 0 saturated carbocycles. The number of fused-ring (bicyclic) bond motifs is 3. The summed E-state index contributed by atoms with van der Waals surface area (Å²) in [5, 5.41) is 1.04. The number of hydrogen-bond acceptors (Lipinski definition) is 2. The molecule has 0 fully saturated rings. The van der Waals surface area contributed by atoms with E-state index in [2.05, 4.69) is 6.92 Å². The van der Waals surface area contributed by atoms with E-state index in [1.54, 1.807) is 31.2 Å². The molecule has 1 aromatic heterocycles. The molecule has 0 saturated heterocycles. The van der Waals surface area contributed by atoms with Crippen molar-refractivity contribution in [2.75, 3.05) is 6.61 Å². The van der Waals surface area contributed by atoms with Gasteiger partial charge in [0.1, 0.15) is 11.4 Å². The summed E-state index contributed by atoms with van der Waals surface area (Å²) in [5.41, 5.74) is 2.13. The quantitative estimate of drug-likeness (QED) is 0.337. The summed E-state index contributed by atoms with van der Waals surface area (Å²) in [4.78, 5) is 0. The van der Waals surface area contributed by atoms with Crippen molar-refractivity contribution < 1.29 is 22.3 Å². The zero-order valence-electron chi connectivity index (χ0n) is 16.3. The minimum atomic E-state index is -1.09. The fourth-order valence-electron chi connectivity index (χ4n) is 3.62. The van der Waals surface area contributed by atoms with Crippen LogP contribution in [0.2, 0.25) is 0 Å². The minimum Gasteiger partial charge on any atom is -0.491 e. The molecule has 0 unspecified atom stereocenters. The molecule has 0 aliphatic heterocycles. The lowest BCUT2D eigenvalue weighted by molar-refractivity contribution is 0.314. The van der Waals surface area contributed by atoms with Crippen molar-refractivity contribution in [3.05, 3.63) is 65.5 Å². The Bertz CT molecular complexity index is 1190. The first-order chi connectivity index (χ1) is 14.0. The lowest BCUT2D eigenvalue weighted by Gasteiger charge is -2.07. The molecule has 1 heterocycles. The standard InChI is InChI=1S/C24H21F3O2/c1-3-5-7-14-10-11-15(12-19(14)25)16-8-6-9-17-18-13-20(28-4-2)21(26)22(27)24(18)29-23(16)17/h6,8-13H,3-5,7H2,1-2H3. The van der Waals surface area contributed by atoms with Crippen LogP contribution in [0, 0.1) is 17.5 Å². The van der Waals surface area contributed by atoms with Crippen LogP contribution in [0.1, 0.15) is 32.3 Å². The molecule has 4 aromatic rings. The molecule has 2 nitrogen and oxygen atoms in total. The topological polar surface area (TPSA) is 22.4 Å². The molecule has 3 aromatic carbocycles. The van der Waals surface area contributed by atoms with Gasteiger partial charge >= 0.3 is 0 Å². The number of para-hydroxylation sites is 1. The molecule has 4 rings (SSSR count). The molecule has 0 atom stereocenters. The molecule has 0 aliphatic carbocycles. The monoisotopic (exact) mass is 398 g/mol. The van der Waals surface area contributed by atoms with E-state index >= 15 is 0 Å². The number of rotatable bonds is 6. The summed E-state index contributed by atoms with van der Waals surface area (Å²) in [7, 11) is 0. The van der Waals surface area contributed by atoms with Gasteiger partial charge in [0, 0.05) is 16.3 Å². The van der Waals surface area contributed by atoms with Crippen molar-refractivity contribution in [1.29, 1.82) is 0 Å². The van der Waals surface area contributed by atoms with Gasteiger partial charge in [-0.15, -0.1) is 0 Å². The van der Waals surface area contributed by atoms with Crippen LogP contribution in [0.4, 0.5) is 13.2 Å². The van der Waals surface area contributed by atoms with Crippen molar-refractivity contribution in [3.8, 4) is 16.9 Å². The second-order valence-electron chi connectivity index (χ2n) is 7.01. The third-order valence-corrected chi connectivity index (χ3v) is 5.10. The molecular weight excluding hydrogens is 377 g/mol. The van der Waals surface area contributed by atoms with E-state index in [-0.39, 0.29) is 23.8 Å². The predicted molar refractivity (Wildman–Crippen MR) is 109 cm³/mol. The van der Waals surface area contributed by atoms with Crippen molar-refractivity contribution >= 4 is 21.9 Å². The van der Waals surface area contributed by atoms with Crippen LogP contribution in [0.25, 0.3) is 33.1 Å². The highest BCUT2D eigenvalue weighted by atomic mass is 19.2. The highest BCUT2D eigenvalue weighted by molar-refractivity contribution is 6.10. The number of furan rings is 1. The van der Waals surface area contributed by atoms with E-state index in [1.807, 2.05) is 6.07 Å². The molecule has 29 heavy (non-hydrogen) atoms. The lowest BCUT2D eigenvalue weighted by atomic mass is 9.99. The number of halogens is 3. The Labute approximate surface area is 166 Å². The summed E-state index contributed by atoms with van der Waals surface area (Å²) < 4.78 is 54.3. The normalized spacial score (nSPS) is 11.5. The Morgan fingerprint density at radius 2 is 1.72 bits per heavy atom. The summed E-state index contributed by atoms with van der Waals surface area (Å²) in [6.07, 6.45) is 2.59. The summed E-state index contributed by atoms with van der Waals surface area (Å²) in [6.45, 7) is 3.98. The van der Waals surface area contributed by atoms with E-state index in [1.165, 1.54) is 12.1 Å². The first-order valence-electron chi connectivity index (χ1n) is 9.80. The third kappa shape index (κ3) is 3.35. The van der Waals surface area contributed by atoms with Crippen molar-refractivity contribution in [3.63, 3.8) is 0 Å². The predicted octanol–water partition coefficient (Wildman–Crippen LogP) is 7.41. The van der Waals surface area contributed by atoms with Crippen LogP contribution in [-0.2, 0) is 6.42 Å². The van der Waals surface area contributed by atoms with Gasteiger partial charge in [-0.05, 0) is 43.0 Å². The first kappa shape index (κ1) is 19.4. The van der Waals surface area contributed by atoms with Crippen molar-refractivity contribution in [2.45, 2.75) is 33.1 Å². The van der Waals surface area contributed by atoms with Crippen LogP contribution < -0.4 is 4.74 Å². The summed E-state index contributed by atoms with van der Waals surface area (Å²) in [5.74, 6) is -2.60. The largest absolute Gasteiger partial charge is 0.491 e. The fourth-order valence-corrected chi connectivity index (χ4v) is 3.62. The number of hydrogen-bond donors (Lipinski definition) is 0. The van der Waals surface area contributed by atoms with E-state index in [0.717, 1.165) is 12.8 Å². The lowest BCUT2D eigenvalue weighted by Crippen LogP contribution is -1.97. The SMILES string of the molecule is CCCCc1ccc(-c2cccc3c2oc2c(F)c(F)c(OCC)cc23)cc1F. The van der Waals surface area contributed by atoms with E-state index in [0.29, 0.717) is 39.5 Å². The van der Waals surface area contributed by atoms with Gasteiger partial charge in [0.2, 0.25) is 11.6 Å². The maximum atomic E-state index is 14.6. The molecule has 0 amide bonds. The van der Waals surface area contributed by atoms with Crippen molar-refractivity contribution in [2.24, 2.45) is 0 Å². The first-order valence-corrected chi connectivity index (χ1v) is 9.80. The zero-order valence-corrected chi connectivity index (χ0v) is 16.3. The Balaban J connectivity index is 1.89. The Kier molecular flexibility index (Phi) is 5.22. The van der Waals surface area contributed by atoms with Gasteiger partial charge in [-0.2, -0.15) is 8.78 Å². The average Bonchev–Trinajstić information content (AvgIpc) is 3.10. The third-order valence-electron chi connectivity index (χ3n) is 5.10. The highest BCUT2D eigenvalue weighted by Gasteiger charge is 2.21. The fraction of sp³-hybridized carbons (Fsp3) is 0.250. The molecule has 0 aliphatic rings. The van der Waals surface area contributed by atoms with Crippen molar-refractivity contribution in [1.82, 2.24) is 0 Å². The van der Waals surface area contributed by atoms with Gasteiger partial charge in [0.05, 0.1) is 6.61 Å². The molecule has 0 bridgehead atoms. The van der Waals surface area contributed by atoms with Gasteiger partial charge in [-0.3, -0.25) is 0 Å². The molecule has 5 heteroatoms. The number of unbranched alkanes of at least 4 members (excludes halogenated alkanes) is 1. The number of ether oxygens (including phenoxy) is 1. The molecular formula is C24H21F3O2. The Morgan fingerprint density at radius 1 is 0.897 bits per heavy atom. The summed E-state index contributed by atoms with van der Waals surface area (Å²) >= 11 is 0. The molecule has 0 radical (unpaired) electrons. The zero-order chi connectivity index (χ0) is 20.5. The minimum absolute atomic E-state index is 0.156. The van der Waals surface area contributed by atoms with E-state index < -0.39 is 11.6 Å². The molecule has 150 valence electrons. The number of benzene rings is 3. The van der Waals surface area contributed by atoms with E-state index in [4.69, 9.17) is 9.15 Å². The smallest absolute Gasteiger partial charge is 0.205 e. The van der Waals surface area contributed by atoms with Crippen LogP contribution in [0.5, 0.6) is 5.75 Å². The van der Waals surface area contributed by atoms with Gasteiger partial charge < -0.3 is 9.15 Å². The van der Waals surface area contributed by atoms with Crippen LogP contribution >= 0.6 is 0 Å². The maximum Gasteiger partial charge on any atom is 0.205 e. The van der Waals surface area contributed by atoms with Gasteiger partial charge in [0.15, 0.2) is 11.3 Å². The van der Waals surface area contributed by atoms with Crippen LogP contribution in [0.15, 0.2) is 46.9 Å². The second-order valence-corrected chi connectivity index (χ2v) is 7.01. The van der Waals surface area contributed by atoms with Gasteiger partial charge in [-0.25, -0.2) is 4.39 Å². The Hall–Kier alpha value is -2.95. The van der Waals surface area contributed by atoms with Gasteiger partial charge in [-0.1, -0.05) is 43.7 Å². The second kappa shape index (κ2) is 7.82. The van der Waals surface area contributed by atoms with Crippen LogP contribution in [0.3, 0.4) is 0 Å².